The number of hydrogen-bond acceptors (Lipinski definition) is 6. The summed E-state index contributed by atoms with van der Waals surface area (Å²) in [4.78, 5) is 8.65. The van der Waals surface area contributed by atoms with E-state index < -0.39 is 0 Å². The molecular weight excluding hydrogens is 397 g/mol. The van der Waals surface area contributed by atoms with Gasteiger partial charge in [-0.15, -0.1) is 0 Å². The molecule has 0 aromatic carbocycles. The van der Waals surface area contributed by atoms with E-state index in [1.165, 1.54) is 62.9 Å². The van der Waals surface area contributed by atoms with Gasteiger partial charge >= 0.3 is 0 Å². The molecule has 0 radical (unpaired) electrons. The summed E-state index contributed by atoms with van der Waals surface area (Å²) in [6.07, 6.45) is 14.7. The van der Waals surface area contributed by atoms with Crippen molar-refractivity contribution >= 4 is 43.2 Å². The Labute approximate surface area is 174 Å². The first kappa shape index (κ1) is 22.0. The highest BCUT2D eigenvalue weighted by Crippen LogP contribution is 2.30. The fourth-order valence-electron chi connectivity index (χ4n) is 2.38. The van der Waals surface area contributed by atoms with Crippen LogP contribution in [-0.4, -0.2) is 21.5 Å². The van der Waals surface area contributed by atoms with E-state index in [1.807, 2.05) is 58.2 Å². The van der Waals surface area contributed by atoms with Crippen LogP contribution in [0.25, 0.3) is 0 Å². The molecule has 0 N–H and O–H groups in total. The highest BCUT2D eigenvalue weighted by atomic mass is 33.1. The van der Waals surface area contributed by atoms with Crippen molar-refractivity contribution in [3.8, 4) is 0 Å². The summed E-state index contributed by atoms with van der Waals surface area (Å²) in [5, 5.41) is 2.24. The van der Waals surface area contributed by atoms with E-state index in [2.05, 4.69) is 22.1 Å². The summed E-state index contributed by atoms with van der Waals surface area (Å²) >= 11 is 0. The lowest BCUT2D eigenvalue weighted by atomic mass is 10.1. The second-order valence-corrected chi connectivity index (χ2v) is 10.8. The lowest BCUT2D eigenvalue weighted by Gasteiger charge is -2.03. The van der Waals surface area contributed by atoms with E-state index >= 15 is 0 Å². The van der Waals surface area contributed by atoms with Crippen LogP contribution >= 0.6 is 43.2 Å². The quantitative estimate of drug-likeness (QED) is 0.214. The second-order valence-electron chi connectivity index (χ2n) is 5.97. The molecule has 26 heavy (non-hydrogen) atoms. The number of unbranched alkanes of at least 4 members (excludes halogenated alkanes) is 7. The molecule has 0 unspecified atom stereocenters. The van der Waals surface area contributed by atoms with Crippen LogP contribution < -0.4 is 0 Å². The standard InChI is InChI=1S/C20H28N2S4/c1(3-5-11-17-23-25-19-13-7-9-15-21-19)2-4-6-12-18-24-26-20-14-8-10-16-22-20/h7-10,13-16H,1-6,11-12,17-18H2. The predicted octanol–water partition coefficient (Wildman–Crippen LogP) is 7.78. The summed E-state index contributed by atoms with van der Waals surface area (Å²) in [6.45, 7) is 0. The van der Waals surface area contributed by atoms with Gasteiger partial charge in [0.05, 0.1) is 0 Å². The van der Waals surface area contributed by atoms with Gasteiger partial charge in [0.15, 0.2) is 0 Å². The van der Waals surface area contributed by atoms with Crippen molar-refractivity contribution in [3.05, 3.63) is 48.8 Å². The van der Waals surface area contributed by atoms with Crippen LogP contribution in [0.2, 0.25) is 0 Å². The highest BCUT2D eigenvalue weighted by Gasteiger charge is 1.97. The zero-order valence-electron chi connectivity index (χ0n) is 15.2. The van der Waals surface area contributed by atoms with Gasteiger partial charge in [0.25, 0.3) is 0 Å². The van der Waals surface area contributed by atoms with E-state index in [9.17, 15) is 0 Å². The molecule has 0 atom stereocenters. The maximum absolute atomic E-state index is 4.32. The summed E-state index contributed by atoms with van der Waals surface area (Å²) in [6, 6.07) is 12.2. The molecule has 2 rings (SSSR count). The molecule has 0 aliphatic heterocycles. The third kappa shape index (κ3) is 11.4. The molecule has 0 aliphatic rings. The van der Waals surface area contributed by atoms with Crippen LogP contribution in [0.5, 0.6) is 0 Å². The molecule has 0 bridgehead atoms. The number of hydrogen-bond donors (Lipinski definition) is 0. The van der Waals surface area contributed by atoms with Gasteiger partial charge in [0, 0.05) is 23.9 Å². The average Bonchev–Trinajstić information content (AvgIpc) is 2.70. The predicted molar refractivity (Wildman–Crippen MR) is 122 cm³/mol. The molecule has 0 spiro atoms. The lowest BCUT2D eigenvalue weighted by Crippen LogP contribution is -1.84. The van der Waals surface area contributed by atoms with E-state index in [1.54, 1.807) is 21.6 Å². The molecule has 0 aliphatic carbocycles. The molecule has 2 heterocycles. The summed E-state index contributed by atoms with van der Waals surface area (Å²) in [7, 11) is 7.46. The van der Waals surface area contributed by atoms with E-state index in [4.69, 9.17) is 0 Å². The third-order valence-electron chi connectivity index (χ3n) is 3.77. The summed E-state index contributed by atoms with van der Waals surface area (Å²) in [5.74, 6) is 2.46. The second kappa shape index (κ2) is 15.7. The molecule has 0 saturated heterocycles. The van der Waals surface area contributed by atoms with Crippen LogP contribution in [0.3, 0.4) is 0 Å². The maximum atomic E-state index is 4.32. The topological polar surface area (TPSA) is 25.8 Å². The fraction of sp³-hybridized carbons (Fsp3) is 0.500. The molecule has 142 valence electrons. The largest absolute Gasteiger partial charge is 0.249 e. The van der Waals surface area contributed by atoms with Gasteiger partial charge in [0.1, 0.15) is 10.1 Å². The van der Waals surface area contributed by atoms with Gasteiger partial charge in [-0.2, -0.15) is 0 Å². The van der Waals surface area contributed by atoms with Gasteiger partial charge < -0.3 is 0 Å². The Balaban J connectivity index is 1.28. The number of rotatable bonds is 15. The Morgan fingerprint density at radius 2 is 0.962 bits per heavy atom. The molecule has 0 saturated carbocycles. The van der Waals surface area contributed by atoms with E-state index in [-0.39, 0.29) is 0 Å². The molecule has 0 amide bonds. The van der Waals surface area contributed by atoms with Gasteiger partial charge in [-0.05, 0) is 58.7 Å². The van der Waals surface area contributed by atoms with Crippen molar-refractivity contribution in [2.75, 3.05) is 11.5 Å². The van der Waals surface area contributed by atoms with Gasteiger partial charge in [-0.25, -0.2) is 9.97 Å². The zero-order valence-corrected chi connectivity index (χ0v) is 18.5. The minimum absolute atomic E-state index is 1.12. The Morgan fingerprint density at radius 3 is 1.35 bits per heavy atom. The molecule has 0 fully saturated rings. The smallest absolute Gasteiger partial charge is 0.106 e. The van der Waals surface area contributed by atoms with Gasteiger partial charge in [-0.3, -0.25) is 0 Å². The Hall–Kier alpha value is -0.300. The van der Waals surface area contributed by atoms with Gasteiger partial charge in [0.2, 0.25) is 0 Å². The van der Waals surface area contributed by atoms with Crippen LogP contribution in [-0.2, 0) is 0 Å². The molecule has 2 aromatic heterocycles. The highest BCUT2D eigenvalue weighted by molar-refractivity contribution is 8.77. The Bertz CT molecular complexity index is 503. The first-order chi connectivity index (χ1) is 12.9. The third-order valence-corrected chi connectivity index (χ3v) is 8.47. The first-order valence-electron chi connectivity index (χ1n) is 9.36. The minimum Gasteiger partial charge on any atom is -0.249 e. The molecule has 6 heteroatoms. The fourth-order valence-corrected chi connectivity index (χ4v) is 6.43. The van der Waals surface area contributed by atoms with Crippen molar-refractivity contribution in [3.63, 3.8) is 0 Å². The van der Waals surface area contributed by atoms with Crippen molar-refractivity contribution in [1.82, 2.24) is 9.97 Å². The molecular formula is C20H28N2S4. The van der Waals surface area contributed by atoms with Crippen LogP contribution in [0, 0.1) is 0 Å². The van der Waals surface area contributed by atoms with Crippen molar-refractivity contribution in [1.29, 1.82) is 0 Å². The normalized spacial score (nSPS) is 10.9. The maximum Gasteiger partial charge on any atom is 0.106 e. The van der Waals surface area contributed by atoms with Crippen LogP contribution in [0.1, 0.15) is 51.4 Å². The summed E-state index contributed by atoms with van der Waals surface area (Å²) in [5.41, 5.74) is 0. The van der Waals surface area contributed by atoms with Crippen LogP contribution in [0.4, 0.5) is 0 Å². The number of aromatic nitrogens is 2. The molecule has 2 nitrogen and oxygen atoms in total. The van der Waals surface area contributed by atoms with E-state index in [0.29, 0.717) is 0 Å². The SMILES string of the molecule is c1ccc(SSCCCCCCCCCCSSc2ccccn2)nc1. The first-order valence-corrected chi connectivity index (χ1v) is 14.0. The lowest BCUT2D eigenvalue weighted by molar-refractivity contribution is 0.588. The average molecular weight is 425 g/mol. The van der Waals surface area contributed by atoms with Crippen molar-refractivity contribution in [2.24, 2.45) is 0 Å². The summed E-state index contributed by atoms with van der Waals surface area (Å²) < 4.78 is 0. The van der Waals surface area contributed by atoms with Crippen molar-refractivity contribution in [2.45, 2.75) is 61.4 Å². The Kier molecular flexibility index (Phi) is 13.3. The van der Waals surface area contributed by atoms with Crippen LogP contribution in [0.15, 0.2) is 58.8 Å². The number of nitrogens with zero attached hydrogens (tertiary/aromatic N) is 2. The minimum atomic E-state index is 1.12. The van der Waals surface area contributed by atoms with Crippen molar-refractivity contribution < 1.29 is 0 Å². The monoisotopic (exact) mass is 424 g/mol. The molecule has 2 aromatic rings. The van der Waals surface area contributed by atoms with E-state index in [0.717, 1.165) is 10.1 Å². The Morgan fingerprint density at radius 1 is 0.538 bits per heavy atom. The zero-order chi connectivity index (χ0) is 18.1. The van der Waals surface area contributed by atoms with Gasteiger partial charge in [-0.1, -0.05) is 72.2 Å². The number of pyridine rings is 2.